The molecule has 1 aromatic carbocycles. The number of nitrogens with two attached hydrogens (primary N) is 1. The van der Waals surface area contributed by atoms with Gasteiger partial charge in [0.05, 0.1) is 0 Å². The first-order chi connectivity index (χ1) is 6.24. The summed E-state index contributed by atoms with van der Waals surface area (Å²) in [7, 11) is 0. The van der Waals surface area contributed by atoms with E-state index in [-0.39, 0.29) is 0 Å². The van der Waals surface area contributed by atoms with Gasteiger partial charge in [0.25, 0.3) is 0 Å². The number of benzene rings is 1. The third-order valence-corrected chi connectivity index (χ3v) is 1.82. The molecule has 0 spiro atoms. The van der Waals surface area contributed by atoms with Crippen LogP contribution in [0.2, 0.25) is 0 Å². The molecule has 0 unspecified atom stereocenters. The van der Waals surface area contributed by atoms with E-state index in [1.165, 1.54) is 0 Å². The Balaban J connectivity index is 2.81. The molecule has 0 saturated carbocycles. The fourth-order valence-corrected chi connectivity index (χ4v) is 1.05. The van der Waals surface area contributed by atoms with Gasteiger partial charge in [-0.3, -0.25) is 4.79 Å². The maximum absolute atomic E-state index is 10.7. The van der Waals surface area contributed by atoms with Gasteiger partial charge >= 0.3 is 0 Å². The third kappa shape index (κ3) is 2.95. The standard InChI is InChI=1S/C10H11NOS/c11-10(12)9-5-3-8(4-6-9)2-1-7-13/h1-6,13H,7H2,(H2,11,12). The second-order valence-electron chi connectivity index (χ2n) is 2.57. The summed E-state index contributed by atoms with van der Waals surface area (Å²) in [5, 5.41) is 0. The second-order valence-corrected chi connectivity index (χ2v) is 2.94. The molecule has 1 aromatic rings. The van der Waals surface area contributed by atoms with Gasteiger partial charge in [-0.05, 0) is 17.7 Å². The van der Waals surface area contributed by atoms with E-state index < -0.39 is 5.91 Å². The molecule has 13 heavy (non-hydrogen) atoms. The van der Waals surface area contributed by atoms with E-state index in [0.29, 0.717) is 11.3 Å². The summed E-state index contributed by atoms with van der Waals surface area (Å²) in [4.78, 5) is 10.7. The van der Waals surface area contributed by atoms with Gasteiger partial charge in [-0.15, -0.1) is 0 Å². The van der Waals surface area contributed by atoms with E-state index in [0.717, 1.165) is 5.56 Å². The molecule has 0 bridgehead atoms. The number of rotatable bonds is 3. The summed E-state index contributed by atoms with van der Waals surface area (Å²) >= 11 is 4.04. The molecule has 0 aromatic heterocycles. The molecule has 68 valence electrons. The number of carbonyl (C=O) groups is 1. The summed E-state index contributed by atoms with van der Waals surface area (Å²) in [6.45, 7) is 0. The van der Waals surface area contributed by atoms with Crippen LogP contribution >= 0.6 is 12.6 Å². The first kappa shape index (κ1) is 9.86. The van der Waals surface area contributed by atoms with Gasteiger partial charge in [0.1, 0.15) is 0 Å². The Morgan fingerprint density at radius 3 is 2.46 bits per heavy atom. The number of hydrogen-bond acceptors (Lipinski definition) is 2. The molecule has 0 saturated heterocycles. The maximum Gasteiger partial charge on any atom is 0.248 e. The minimum absolute atomic E-state index is 0.398. The highest BCUT2D eigenvalue weighted by molar-refractivity contribution is 7.80. The highest BCUT2D eigenvalue weighted by Gasteiger charge is 1.97. The fourth-order valence-electron chi connectivity index (χ4n) is 0.947. The average molecular weight is 193 g/mol. The van der Waals surface area contributed by atoms with Gasteiger partial charge in [-0.1, -0.05) is 24.3 Å². The van der Waals surface area contributed by atoms with E-state index >= 15 is 0 Å². The molecule has 0 aliphatic carbocycles. The van der Waals surface area contributed by atoms with Gasteiger partial charge in [0.15, 0.2) is 0 Å². The predicted molar refractivity (Wildman–Crippen MR) is 57.8 cm³/mol. The van der Waals surface area contributed by atoms with Crippen molar-refractivity contribution in [1.29, 1.82) is 0 Å². The average Bonchev–Trinajstić information content (AvgIpc) is 2.15. The van der Waals surface area contributed by atoms with Crippen molar-refractivity contribution in [2.24, 2.45) is 5.73 Å². The van der Waals surface area contributed by atoms with Crippen LogP contribution in [0.4, 0.5) is 0 Å². The molecular weight excluding hydrogens is 182 g/mol. The van der Waals surface area contributed by atoms with E-state index in [4.69, 9.17) is 5.73 Å². The lowest BCUT2D eigenvalue weighted by Crippen LogP contribution is -2.10. The Hall–Kier alpha value is -1.22. The van der Waals surface area contributed by atoms with Crippen LogP contribution in [-0.2, 0) is 0 Å². The summed E-state index contributed by atoms with van der Waals surface area (Å²) in [6.07, 6.45) is 3.88. The fraction of sp³-hybridized carbons (Fsp3) is 0.100. The number of thiol groups is 1. The Morgan fingerprint density at radius 1 is 1.38 bits per heavy atom. The largest absolute Gasteiger partial charge is 0.366 e. The predicted octanol–water partition coefficient (Wildman–Crippen LogP) is 1.73. The van der Waals surface area contributed by atoms with Crippen LogP contribution in [0.5, 0.6) is 0 Å². The highest BCUT2D eigenvalue weighted by atomic mass is 32.1. The Labute approximate surface area is 82.9 Å². The van der Waals surface area contributed by atoms with E-state index in [2.05, 4.69) is 12.6 Å². The minimum Gasteiger partial charge on any atom is -0.366 e. The molecule has 0 heterocycles. The van der Waals surface area contributed by atoms with Crippen LogP contribution in [-0.4, -0.2) is 11.7 Å². The highest BCUT2D eigenvalue weighted by Crippen LogP contribution is 2.05. The van der Waals surface area contributed by atoms with Gasteiger partial charge in [0.2, 0.25) is 5.91 Å². The normalized spacial score (nSPS) is 10.5. The SMILES string of the molecule is NC(=O)c1ccc(C=CCS)cc1. The van der Waals surface area contributed by atoms with Crippen molar-refractivity contribution in [1.82, 2.24) is 0 Å². The van der Waals surface area contributed by atoms with Crippen LogP contribution < -0.4 is 5.73 Å². The number of carbonyl (C=O) groups excluding carboxylic acids is 1. The van der Waals surface area contributed by atoms with E-state index in [1.54, 1.807) is 12.1 Å². The third-order valence-electron chi connectivity index (χ3n) is 1.61. The lowest BCUT2D eigenvalue weighted by Gasteiger charge is -1.95. The van der Waals surface area contributed by atoms with Gasteiger partial charge in [-0.2, -0.15) is 12.6 Å². The van der Waals surface area contributed by atoms with Crippen molar-refractivity contribution in [3.8, 4) is 0 Å². The quantitative estimate of drug-likeness (QED) is 0.705. The summed E-state index contributed by atoms with van der Waals surface area (Å²) < 4.78 is 0. The first-order valence-electron chi connectivity index (χ1n) is 3.91. The number of primary amides is 1. The molecule has 0 fully saturated rings. The van der Waals surface area contributed by atoms with Crippen LogP contribution in [0.3, 0.4) is 0 Å². The number of amides is 1. The molecule has 0 radical (unpaired) electrons. The topological polar surface area (TPSA) is 43.1 Å². The molecule has 0 aliphatic rings. The summed E-state index contributed by atoms with van der Waals surface area (Å²) in [5.74, 6) is 0.308. The van der Waals surface area contributed by atoms with Crippen LogP contribution in [0.15, 0.2) is 30.3 Å². The van der Waals surface area contributed by atoms with Crippen molar-refractivity contribution >= 4 is 24.6 Å². The van der Waals surface area contributed by atoms with Crippen LogP contribution in [0, 0.1) is 0 Å². The maximum atomic E-state index is 10.7. The van der Waals surface area contributed by atoms with E-state index in [9.17, 15) is 4.79 Å². The zero-order valence-electron chi connectivity index (χ0n) is 7.10. The second kappa shape index (κ2) is 4.72. The molecule has 1 rings (SSSR count). The number of hydrogen-bond donors (Lipinski definition) is 2. The molecule has 3 heteroatoms. The first-order valence-corrected chi connectivity index (χ1v) is 4.54. The van der Waals surface area contributed by atoms with Crippen molar-refractivity contribution in [2.75, 3.05) is 5.75 Å². The Bertz CT molecular complexity index is 316. The van der Waals surface area contributed by atoms with E-state index in [1.807, 2.05) is 24.3 Å². The van der Waals surface area contributed by atoms with Gasteiger partial charge in [-0.25, -0.2) is 0 Å². The molecule has 2 nitrogen and oxygen atoms in total. The Morgan fingerprint density at radius 2 is 2.00 bits per heavy atom. The monoisotopic (exact) mass is 193 g/mol. The van der Waals surface area contributed by atoms with Crippen molar-refractivity contribution < 1.29 is 4.79 Å². The summed E-state index contributed by atoms with van der Waals surface area (Å²) in [6, 6.07) is 7.11. The van der Waals surface area contributed by atoms with Gasteiger partial charge < -0.3 is 5.73 Å². The molecule has 0 atom stereocenters. The lowest BCUT2D eigenvalue weighted by molar-refractivity contribution is 0.100. The zero-order chi connectivity index (χ0) is 9.68. The zero-order valence-corrected chi connectivity index (χ0v) is 8.00. The molecular formula is C10H11NOS. The lowest BCUT2D eigenvalue weighted by atomic mass is 10.1. The smallest absolute Gasteiger partial charge is 0.248 e. The van der Waals surface area contributed by atoms with Gasteiger partial charge in [0, 0.05) is 11.3 Å². The molecule has 0 aliphatic heterocycles. The van der Waals surface area contributed by atoms with Crippen molar-refractivity contribution in [3.05, 3.63) is 41.5 Å². The molecule has 1 amide bonds. The van der Waals surface area contributed by atoms with Crippen molar-refractivity contribution in [2.45, 2.75) is 0 Å². The minimum atomic E-state index is -0.398. The molecule has 2 N–H and O–H groups in total. The van der Waals surface area contributed by atoms with Crippen LogP contribution in [0.1, 0.15) is 15.9 Å². The Kier molecular flexibility index (Phi) is 3.58. The van der Waals surface area contributed by atoms with Crippen LogP contribution in [0.25, 0.3) is 6.08 Å². The van der Waals surface area contributed by atoms with Crippen molar-refractivity contribution in [3.63, 3.8) is 0 Å². The summed E-state index contributed by atoms with van der Waals surface area (Å²) in [5.41, 5.74) is 6.67.